The number of phenols is 1. The maximum Gasteiger partial charge on any atom is 0.284 e. The molecule has 7 nitrogen and oxygen atoms in total. The maximum atomic E-state index is 12.5. The first-order chi connectivity index (χ1) is 14.6. The van der Waals surface area contributed by atoms with E-state index in [-0.39, 0.29) is 12.5 Å². The Hall–Kier alpha value is -3.06. The van der Waals surface area contributed by atoms with Gasteiger partial charge in [-0.3, -0.25) is 4.79 Å². The minimum atomic E-state index is -0.755. The summed E-state index contributed by atoms with van der Waals surface area (Å²) >= 11 is 0. The molecule has 1 atom stereocenters. The summed E-state index contributed by atoms with van der Waals surface area (Å²) < 4.78 is 11.3. The molecule has 158 valence electrons. The molecule has 3 N–H and O–H groups in total. The van der Waals surface area contributed by atoms with Crippen molar-refractivity contribution >= 4 is 11.6 Å². The number of carbonyl (C=O) groups is 1. The molecule has 2 aromatic carbocycles. The molecule has 0 aromatic heterocycles. The molecule has 0 unspecified atom stereocenters. The lowest BCUT2D eigenvalue weighted by molar-refractivity contribution is -0.918. The van der Waals surface area contributed by atoms with Crippen LogP contribution >= 0.6 is 0 Å². The van der Waals surface area contributed by atoms with E-state index < -0.39 is 6.10 Å². The van der Waals surface area contributed by atoms with Crippen LogP contribution < -0.4 is 19.8 Å². The van der Waals surface area contributed by atoms with Gasteiger partial charge >= 0.3 is 0 Å². The van der Waals surface area contributed by atoms with E-state index in [1.807, 2.05) is 31.2 Å². The van der Waals surface area contributed by atoms with Crippen LogP contribution in [-0.2, 0) is 11.3 Å². The van der Waals surface area contributed by atoms with Gasteiger partial charge in [0.25, 0.3) is 5.91 Å². The second-order valence-corrected chi connectivity index (χ2v) is 7.87. The number of likely N-dealkylation sites (tertiary alicyclic amines) is 1. The average molecular weight is 410 g/mol. The summed E-state index contributed by atoms with van der Waals surface area (Å²) in [5.74, 6) is 1.13. The van der Waals surface area contributed by atoms with E-state index in [1.165, 1.54) is 24.2 Å². The molecule has 2 heterocycles. The van der Waals surface area contributed by atoms with Crippen LogP contribution in [0.2, 0.25) is 0 Å². The fraction of sp³-hybridized carbons (Fsp3) is 0.391. The summed E-state index contributed by atoms with van der Waals surface area (Å²) in [7, 11) is 0. The highest BCUT2D eigenvalue weighted by atomic mass is 16.6. The predicted octanol–water partition coefficient (Wildman–Crippen LogP) is 1.64. The molecule has 4 rings (SSSR count). The van der Waals surface area contributed by atoms with E-state index in [4.69, 9.17) is 9.47 Å². The number of hydrazone groups is 1. The van der Waals surface area contributed by atoms with E-state index >= 15 is 0 Å². The number of amides is 1. The lowest BCUT2D eigenvalue weighted by atomic mass is 10.0. The molecule has 7 heteroatoms. The topological polar surface area (TPSA) is 84.6 Å². The van der Waals surface area contributed by atoms with E-state index in [9.17, 15) is 9.90 Å². The molecular formula is C23H28N3O4+. The monoisotopic (exact) mass is 410 g/mol. The number of carbonyl (C=O) groups excluding carboxylic acids is 1. The van der Waals surface area contributed by atoms with E-state index in [2.05, 4.69) is 10.5 Å². The number of nitrogens with one attached hydrogen (secondary N) is 2. The molecular weight excluding hydrogens is 382 g/mol. The van der Waals surface area contributed by atoms with Crippen molar-refractivity contribution in [1.82, 2.24) is 5.43 Å². The maximum absolute atomic E-state index is 12.5. The minimum absolute atomic E-state index is 0.138. The van der Waals surface area contributed by atoms with Gasteiger partial charge in [-0.25, -0.2) is 5.43 Å². The summed E-state index contributed by atoms with van der Waals surface area (Å²) in [4.78, 5) is 14.0. The zero-order valence-electron chi connectivity index (χ0n) is 17.2. The quantitative estimate of drug-likeness (QED) is 0.517. The molecule has 2 aliphatic heterocycles. The van der Waals surface area contributed by atoms with Gasteiger partial charge in [-0.15, -0.1) is 0 Å². The zero-order chi connectivity index (χ0) is 20.9. The van der Waals surface area contributed by atoms with E-state index in [0.717, 1.165) is 30.8 Å². The van der Waals surface area contributed by atoms with Crippen LogP contribution in [0.3, 0.4) is 0 Å². The third kappa shape index (κ3) is 4.74. The van der Waals surface area contributed by atoms with Crippen molar-refractivity contribution in [2.24, 2.45) is 5.10 Å². The van der Waals surface area contributed by atoms with Gasteiger partial charge in [0.15, 0.2) is 11.5 Å². The van der Waals surface area contributed by atoms with Crippen molar-refractivity contribution in [2.45, 2.75) is 38.8 Å². The summed E-state index contributed by atoms with van der Waals surface area (Å²) in [6, 6.07) is 12.7. The number of quaternary nitrogens is 1. The standard InChI is InChI=1S/C23H27N3O4/c1-16(17-9-10-19(27)18(13-17)14-26-11-5-2-6-12-26)24-25-23(28)22-15-29-20-7-3-4-8-21(20)30-22/h3-4,7-10,13,22,27H,2,5-6,11-12,14-15H2,1H3,(H,25,28)/p+1/b24-16+/t22-/m1/s1. The van der Waals surface area contributed by atoms with Crippen LogP contribution in [0.25, 0.3) is 0 Å². The highest BCUT2D eigenvalue weighted by Crippen LogP contribution is 2.30. The Balaban J connectivity index is 1.39. The first kappa shape index (κ1) is 20.2. The first-order valence-corrected chi connectivity index (χ1v) is 10.5. The number of ether oxygens (including phenoxy) is 2. The van der Waals surface area contributed by atoms with Crippen molar-refractivity contribution < 1.29 is 24.3 Å². The Bertz CT molecular complexity index is 938. The smallest absolute Gasteiger partial charge is 0.284 e. The van der Waals surface area contributed by atoms with Gasteiger partial charge in [-0.05, 0) is 62.1 Å². The van der Waals surface area contributed by atoms with Gasteiger partial charge in [0.05, 0.1) is 18.8 Å². The molecule has 0 saturated carbocycles. The van der Waals surface area contributed by atoms with Crippen LogP contribution in [0.15, 0.2) is 47.6 Å². The minimum Gasteiger partial charge on any atom is -0.507 e. The Labute approximate surface area is 176 Å². The van der Waals surface area contributed by atoms with Crippen molar-refractivity contribution in [3.63, 3.8) is 0 Å². The molecule has 2 aliphatic rings. The Kier molecular flexibility index (Phi) is 6.18. The third-order valence-corrected chi connectivity index (χ3v) is 5.63. The van der Waals surface area contributed by atoms with Crippen LogP contribution in [0.5, 0.6) is 17.2 Å². The number of piperidine rings is 1. The van der Waals surface area contributed by atoms with Crippen molar-refractivity contribution in [3.05, 3.63) is 53.6 Å². The fourth-order valence-corrected chi connectivity index (χ4v) is 3.87. The van der Waals surface area contributed by atoms with Crippen molar-refractivity contribution in [1.29, 1.82) is 0 Å². The Morgan fingerprint density at radius 1 is 1.17 bits per heavy atom. The van der Waals surface area contributed by atoms with Gasteiger partial charge < -0.3 is 19.5 Å². The second-order valence-electron chi connectivity index (χ2n) is 7.87. The Morgan fingerprint density at radius 2 is 1.93 bits per heavy atom. The highest BCUT2D eigenvalue weighted by Gasteiger charge is 2.27. The molecule has 1 amide bonds. The molecule has 0 radical (unpaired) electrons. The van der Waals surface area contributed by atoms with Gasteiger partial charge in [-0.2, -0.15) is 5.10 Å². The van der Waals surface area contributed by atoms with Crippen molar-refractivity contribution in [3.8, 4) is 17.2 Å². The SMILES string of the molecule is C/C(=N\NC(=O)[C@H]1COc2ccccc2O1)c1ccc(O)c(C[NH+]2CCCCC2)c1. The van der Waals surface area contributed by atoms with Crippen LogP contribution in [-0.4, -0.2) is 42.5 Å². The number of nitrogens with zero attached hydrogens (tertiary/aromatic N) is 1. The van der Waals surface area contributed by atoms with E-state index in [1.54, 1.807) is 18.2 Å². The van der Waals surface area contributed by atoms with E-state index in [0.29, 0.717) is 23.0 Å². The lowest BCUT2D eigenvalue weighted by Gasteiger charge is -2.25. The summed E-state index contributed by atoms with van der Waals surface area (Å²) in [6.07, 6.45) is 3.01. The number of hydrogen-bond acceptors (Lipinski definition) is 5. The number of phenolic OH excluding ortho intramolecular Hbond substituents is 1. The summed E-state index contributed by atoms with van der Waals surface area (Å²) in [5, 5.41) is 14.5. The summed E-state index contributed by atoms with van der Waals surface area (Å²) in [5.41, 5.74) is 5.01. The number of fused-ring (bicyclic) bond motifs is 1. The number of rotatable bonds is 5. The number of aromatic hydroxyl groups is 1. The predicted molar refractivity (Wildman–Crippen MR) is 113 cm³/mol. The number of para-hydroxylation sites is 2. The van der Waals surface area contributed by atoms with Gasteiger partial charge in [0.1, 0.15) is 18.9 Å². The zero-order valence-corrected chi connectivity index (χ0v) is 17.2. The average Bonchev–Trinajstić information content (AvgIpc) is 2.79. The highest BCUT2D eigenvalue weighted by molar-refractivity contribution is 5.99. The second kappa shape index (κ2) is 9.17. The Morgan fingerprint density at radius 3 is 2.73 bits per heavy atom. The van der Waals surface area contributed by atoms with Gasteiger partial charge in [0, 0.05) is 5.56 Å². The molecule has 2 aromatic rings. The van der Waals surface area contributed by atoms with Gasteiger partial charge in [0.2, 0.25) is 6.10 Å². The normalized spacial score (nSPS) is 19.4. The molecule has 0 spiro atoms. The molecule has 0 aliphatic carbocycles. The van der Waals surface area contributed by atoms with Crippen molar-refractivity contribution in [2.75, 3.05) is 19.7 Å². The molecule has 0 bridgehead atoms. The molecule has 30 heavy (non-hydrogen) atoms. The third-order valence-electron chi connectivity index (χ3n) is 5.63. The lowest BCUT2D eigenvalue weighted by Crippen LogP contribution is -3.11. The largest absolute Gasteiger partial charge is 0.507 e. The number of benzene rings is 2. The summed E-state index contributed by atoms with van der Waals surface area (Å²) in [6.45, 7) is 5.04. The van der Waals surface area contributed by atoms with Gasteiger partial charge in [-0.1, -0.05) is 12.1 Å². The molecule has 1 fully saturated rings. The fourth-order valence-electron chi connectivity index (χ4n) is 3.87. The van der Waals surface area contributed by atoms with Crippen LogP contribution in [0.4, 0.5) is 0 Å². The van der Waals surface area contributed by atoms with Crippen LogP contribution in [0.1, 0.15) is 37.3 Å². The van der Waals surface area contributed by atoms with Crippen LogP contribution in [0, 0.1) is 0 Å². The molecule has 1 saturated heterocycles. The number of hydrogen-bond donors (Lipinski definition) is 3. The first-order valence-electron chi connectivity index (χ1n) is 10.5.